The van der Waals surface area contributed by atoms with Crippen LogP contribution in [0.15, 0.2) is 54.6 Å². The first-order chi connectivity index (χ1) is 14.5. The summed E-state index contributed by atoms with van der Waals surface area (Å²) in [5, 5.41) is 9.46. The fraction of sp³-hybridized carbons (Fsp3) is 0.261. The van der Waals surface area contributed by atoms with Crippen LogP contribution in [0.2, 0.25) is 0 Å². The molecule has 1 aliphatic heterocycles. The van der Waals surface area contributed by atoms with Gasteiger partial charge in [-0.05, 0) is 56.7 Å². The Morgan fingerprint density at radius 2 is 1.60 bits per heavy atom. The van der Waals surface area contributed by atoms with E-state index in [2.05, 4.69) is 45.0 Å². The first-order valence-electron chi connectivity index (χ1n) is 10.0. The fourth-order valence-electron chi connectivity index (χ4n) is 3.22. The Morgan fingerprint density at radius 3 is 2.30 bits per heavy atom. The van der Waals surface area contributed by atoms with Crippen LogP contribution in [0.1, 0.15) is 17.7 Å². The summed E-state index contributed by atoms with van der Waals surface area (Å²) in [5.74, 6) is 1.16. The number of carbonyl (C=O) groups excluding carboxylic acids is 1. The number of hydrogen-bond donors (Lipinski definition) is 3. The van der Waals surface area contributed by atoms with E-state index in [1.807, 2.05) is 49.4 Å². The van der Waals surface area contributed by atoms with Crippen LogP contribution in [0.25, 0.3) is 0 Å². The quantitative estimate of drug-likeness (QED) is 0.559. The Hall–Kier alpha value is -3.45. The Bertz CT molecular complexity index is 1010. The van der Waals surface area contributed by atoms with Crippen LogP contribution in [0.4, 0.5) is 28.8 Å². The van der Waals surface area contributed by atoms with Crippen molar-refractivity contribution in [2.75, 3.05) is 29.2 Å². The van der Waals surface area contributed by atoms with Crippen molar-refractivity contribution in [2.24, 2.45) is 5.92 Å². The van der Waals surface area contributed by atoms with Crippen LogP contribution >= 0.6 is 0 Å². The smallest absolute Gasteiger partial charge is 0.229 e. The van der Waals surface area contributed by atoms with Gasteiger partial charge in [-0.1, -0.05) is 17.7 Å². The number of rotatable bonds is 6. The van der Waals surface area contributed by atoms with E-state index in [4.69, 9.17) is 4.74 Å². The van der Waals surface area contributed by atoms with E-state index in [1.165, 1.54) is 5.56 Å². The average Bonchev–Trinajstić information content (AvgIpc) is 3.26. The van der Waals surface area contributed by atoms with Gasteiger partial charge in [-0.15, -0.1) is 0 Å². The molecule has 154 valence electrons. The fourth-order valence-corrected chi connectivity index (χ4v) is 3.22. The van der Waals surface area contributed by atoms with E-state index >= 15 is 0 Å². The molecule has 0 saturated carbocycles. The summed E-state index contributed by atoms with van der Waals surface area (Å²) in [6, 6.07) is 17.5. The number of aryl methyl sites for hydroxylation is 2. The maximum atomic E-state index is 12.2. The van der Waals surface area contributed by atoms with E-state index in [9.17, 15) is 4.79 Å². The third-order valence-electron chi connectivity index (χ3n) is 4.89. The van der Waals surface area contributed by atoms with E-state index in [0.29, 0.717) is 19.2 Å². The zero-order chi connectivity index (χ0) is 20.9. The minimum atomic E-state index is -0.0667. The maximum Gasteiger partial charge on any atom is 0.229 e. The first-order valence-corrected chi connectivity index (χ1v) is 10.0. The highest BCUT2D eigenvalue weighted by Crippen LogP contribution is 2.22. The monoisotopic (exact) mass is 403 g/mol. The number of anilines is 5. The molecule has 30 heavy (non-hydrogen) atoms. The van der Waals surface area contributed by atoms with Crippen LogP contribution < -0.4 is 16.0 Å². The molecule has 7 heteroatoms. The second-order valence-corrected chi connectivity index (χ2v) is 7.46. The summed E-state index contributed by atoms with van der Waals surface area (Å²) >= 11 is 0. The number of benzene rings is 2. The molecular weight excluding hydrogens is 378 g/mol. The largest absolute Gasteiger partial charge is 0.381 e. The third-order valence-corrected chi connectivity index (χ3v) is 4.89. The molecule has 0 bridgehead atoms. The van der Waals surface area contributed by atoms with Crippen molar-refractivity contribution in [1.29, 1.82) is 0 Å². The van der Waals surface area contributed by atoms with Crippen LogP contribution in [0.5, 0.6) is 0 Å². The molecule has 1 fully saturated rings. The van der Waals surface area contributed by atoms with Gasteiger partial charge in [0.05, 0.1) is 12.5 Å². The summed E-state index contributed by atoms with van der Waals surface area (Å²) in [7, 11) is 0. The molecule has 3 aromatic rings. The number of amides is 1. The molecule has 3 N–H and O–H groups in total. The minimum absolute atomic E-state index is 0.00190. The van der Waals surface area contributed by atoms with Crippen molar-refractivity contribution in [3.05, 3.63) is 65.9 Å². The van der Waals surface area contributed by atoms with Gasteiger partial charge in [-0.25, -0.2) is 4.98 Å². The Kier molecular flexibility index (Phi) is 5.90. The summed E-state index contributed by atoms with van der Waals surface area (Å²) in [6.07, 6.45) is 0.773. The van der Waals surface area contributed by atoms with Gasteiger partial charge in [0.2, 0.25) is 11.9 Å². The number of nitrogens with zero attached hydrogens (tertiary/aromatic N) is 2. The van der Waals surface area contributed by atoms with E-state index < -0.39 is 0 Å². The van der Waals surface area contributed by atoms with Gasteiger partial charge in [0.15, 0.2) is 0 Å². The van der Waals surface area contributed by atoms with Gasteiger partial charge >= 0.3 is 0 Å². The van der Waals surface area contributed by atoms with Gasteiger partial charge in [-0.3, -0.25) is 4.79 Å². The van der Waals surface area contributed by atoms with Crippen LogP contribution in [-0.2, 0) is 9.53 Å². The van der Waals surface area contributed by atoms with Gasteiger partial charge < -0.3 is 20.7 Å². The number of ether oxygens (including phenoxy) is 1. The highest BCUT2D eigenvalue weighted by atomic mass is 16.5. The third kappa shape index (κ3) is 5.12. The molecule has 1 atom stereocenters. The van der Waals surface area contributed by atoms with Gasteiger partial charge in [0.25, 0.3) is 0 Å². The van der Waals surface area contributed by atoms with Crippen molar-refractivity contribution in [2.45, 2.75) is 20.3 Å². The molecule has 0 unspecified atom stereocenters. The first kappa shape index (κ1) is 19.8. The normalized spacial score (nSPS) is 15.6. The Balaban J connectivity index is 1.41. The summed E-state index contributed by atoms with van der Waals surface area (Å²) < 4.78 is 5.27. The number of nitrogens with one attached hydrogen (secondary N) is 3. The SMILES string of the molecule is Cc1ccc(Nc2cc(C)nc(Nc3ccc(NC(=O)[C@H]4CCOC4)cc3)n2)cc1. The highest BCUT2D eigenvalue weighted by molar-refractivity contribution is 5.93. The lowest BCUT2D eigenvalue weighted by Crippen LogP contribution is -2.22. The topological polar surface area (TPSA) is 88.2 Å². The lowest BCUT2D eigenvalue weighted by atomic mass is 10.1. The maximum absolute atomic E-state index is 12.2. The Labute approximate surface area is 175 Å². The molecule has 1 aliphatic rings. The van der Waals surface area contributed by atoms with Crippen molar-refractivity contribution in [3.63, 3.8) is 0 Å². The molecule has 2 aromatic carbocycles. The van der Waals surface area contributed by atoms with E-state index in [1.54, 1.807) is 0 Å². The molecule has 1 saturated heterocycles. The molecule has 1 amide bonds. The summed E-state index contributed by atoms with van der Waals surface area (Å²) in [5.41, 5.74) is 4.62. The number of aromatic nitrogens is 2. The number of carbonyl (C=O) groups is 1. The second-order valence-electron chi connectivity index (χ2n) is 7.46. The number of hydrogen-bond acceptors (Lipinski definition) is 6. The van der Waals surface area contributed by atoms with Crippen LogP contribution in [0.3, 0.4) is 0 Å². The molecule has 1 aromatic heterocycles. The van der Waals surface area contributed by atoms with E-state index in [0.717, 1.165) is 35.0 Å². The van der Waals surface area contributed by atoms with Crippen molar-refractivity contribution in [3.8, 4) is 0 Å². The van der Waals surface area contributed by atoms with Crippen molar-refractivity contribution >= 4 is 34.7 Å². The predicted molar refractivity (Wildman–Crippen MR) is 119 cm³/mol. The molecule has 0 spiro atoms. The molecular formula is C23H25N5O2. The highest BCUT2D eigenvalue weighted by Gasteiger charge is 2.23. The molecule has 0 radical (unpaired) electrons. The lowest BCUT2D eigenvalue weighted by molar-refractivity contribution is -0.119. The Morgan fingerprint density at radius 1 is 0.933 bits per heavy atom. The summed E-state index contributed by atoms with van der Waals surface area (Å²) in [6.45, 7) is 5.13. The van der Waals surface area contributed by atoms with Crippen molar-refractivity contribution < 1.29 is 9.53 Å². The molecule has 7 nitrogen and oxygen atoms in total. The second kappa shape index (κ2) is 8.92. The molecule has 2 heterocycles. The predicted octanol–water partition coefficient (Wildman–Crippen LogP) is 4.56. The zero-order valence-electron chi connectivity index (χ0n) is 17.1. The van der Waals surface area contributed by atoms with Crippen LogP contribution in [-0.4, -0.2) is 29.1 Å². The standard InChI is InChI=1S/C23H25N5O2/c1-15-3-5-18(6-4-15)25-21-13-16(2)24-23(28-21)27-20-9-7-19(8-10-20)26-22(29)17-11-12-30-14-17/h3-10,13,17H,11-12,14H2,1-2H3,(H,26,29)(H2,24,25,27,28)/t17-/m0/s1. The van der Waals surface area contributed by atoms with Gasteiger partial charge in [0.1, 0.15) is 5.82 Å². The van der Waals surface area contributed by atoms with Gasteiger partial charge in [0, 0.05) is 35.4 Å². The van der Waals surface area contributed by atoms with E-state index in [-0.39, 0.29) is 11.8 Å². The summed E-state index contributed by atoms with van der Waals surface area (Å²) in [4.78, 5) is 21.2. The zero-order valence-corrected chi connectivity index (χ0v) is 17.1. The van der Waals surface area contributed by atoms with Crippen molar-refractivity contribution in [1.82, 2.24) is 9.97 Å². The molecule has 0 aliphatic carbocycles. The average molecular weight is 403 g/mol. The van der Waals surface area contributed by atoms with Gasteiger partial charge in [-0.2, -0.15) is 4.98 Å². The lowest BCUT2D eigenvalue weighted by Gasteiger charge is -2.12. The van der Waals surface area contributed by atoms with Crippen LogP contribution in [0, 0.1) is 19.8 Å². The molecule has 4 rings (SSSR count). The minimum Gasteiger partial charge on any atom is -0.381 e.